The van der Waals surface area contributed by atoms with Crippen molar-refractivity contribution in [3.63, 3.8) is 0 Å². The third kappa shape index (κ3) is 4.31. The van der Waals surface area contributed by atoms with Gasteiger partial charge in [-0.15, -0.1) is 0 Å². The van der Waals surface area contributed by atoms with E-state index in [9.17, 15) is 14.7 Å². The summed E-state index contributed by atoms with van der Waals surface area (Å²) in [6.45, 7) is 5.48. The molecule has 0 aliphatic carbocycles. The van der Waals surface area contributed by atoms with Crippen LogP contribution >= 0.6 is 0 Å². The number of hydrogen-bond donors (Lipinski definition) is 1. The molecule has 4 rings (SSSR count). The van der Waals surface area contributed by atoms with Crippen molar-refractivity contribution >= 4 is 17.4 Å². The molecule has 1 atom stereocenters. The molecule has 1 aromatic carbocycles. The average Bonchev–Trinajstić information content (AvgIpc) is 3.06. The fourth-order valence-corrected chi connectivity index (χ4v) is 3.86. The van der Waals surface area contributed by atoms with Crippen molar-refractivity contribution in [3.8, 4) is 11.5 Å². The molecule has 2 aliphatic heterocycles. The van der Waals surface area contributed by atoms with Gasteiger partial charge < -0.3 is 24.2 Å². The summed E-state index contributed by atoms with van der Waals surface area (Å²) in [6, 6.07) is 9.43. The maximum absolute atomic E-state index is 13.0. The Morgan fingerprint density at radius 3 is 2.69 bits per heavy atom. The van der Waals surface area contributed by atoms with Crippen LogP contribution in [0.5, 0.6) is 11.5 Å². The Morgan fingerprint density at radius 2 is 1.97 bits per heavy atom. The Morgan fingerprint density at radius 1 is 1.19 bits per heavy atom. The van der Waals surface area contributed by atoms with Gasteiger partial charge in [0.25, 0.3) is 11.7 Å². The number of aliphatic hydroxyl groups excluding tert-OH is 1. The molecule has 3 heterocycles. The topological polar surface area (TPSA) is 98.2 Å². The van der Waals surface area contributed by atoms with Crippen molar-refractivity contribution in [1.82, 2.24) is 9.88 Å². The molecule has 0 saturated carbocycles. The molecule has 1 amide bonds. The molecule has 1 aromatic heterocycles. The van der Waals surface area contributed by atoms with E-state index in [-0.39, 0.29) is 17.4 Å². The second-order valence-electron chi connectivity index (χ2n) is 7.88. The summed E-state index contributed by atoms with van der Waals surface area (Å²) in [6.07, 6.45) is 2.23. The first-order valence-corrected chi connectivity index (χ1v) is 10.7. The summed E-state index contributed by atoms with van der Waals surface area (Å²) in [5, 5.41) is 11.1. The summed E-state index contributed by atoms with van der Waals surface area (Å²) < 4.78 is 16.7. The third-order valence-corrected chi connectivity index (χ3v) is 5.32. The van der Waals surface area contributed by atoms with Crippen LogP contribution in [0, 0.1) is 0 Å². The number of nitrogens with zero attached hydrogens (tertiary/aromatic N) is 2. The molecule has 0 bridgehead atoms. The first kappa shape index (κ1) is 21.8. The van der Waals surface area contributed by atoms with Gasteiger partial charge in [-0.05, 0) is 50.6 Å². The predicted molar refractivity (Wildman–Crippen MR) is 116 cm³/mol. The minimum absolute atomic E-state index is 0.00940. The lowest BCUT2D eigenvalue weighted by atomic mass is 9.98. The summed E-state index contributed by atoms with van der Waals surface area (Å²) >= 11 is 0. The lowest BCUT2D eigenvalue weighted by molar-refractivity contribution is -0.140. The minimum atomic E-state index is -0.788. The lowest BCUT2D eigenvalue weighted by Gasteiger charge is -2.24. The Labute approximate surface area is 186 Å². The SMILES string of the molecule is CC(C)OCCCN1C(=O)C(=O)/C(=C(\O)c2ccc3c(c2)OCCO3)C1c1ccccn1. The highest BCUT2D eigenvalue weighted by atomic mass is 16.6. The van der Waals surface area contributed by atoms with Crippen molar-refractivity contribution in [2.24, 2.45) is 0 Å². The molecule has 32 heavy (non-hydrogen) atoms. The number of benzene rings is 1. The van der Waals surface area contributed by atoms with E-state index < -0.39 is 17.7 Å². The Balaban J connectivity index is 1.72. The van der Waals surface area contributed by atoms with Gasteiger partial charge in [0.05, 0.1) is 17.4 Å². The van der Waals surface area contributed by atoms with E-state index in [1.54, 1.807) is 42.6 Å². The van der Waals surface area contributed by atoms with Gasteiger partial charge in [-0.25, -0.2) is 0 Å². The van der Waals surface area contributed by atoms with Crippen LogP contribution in [0.3, 0.4) is 0 Å². The molecule has 1 unspecified atom stereocenters. The number of Topliss-reactive ketones (excluding diaryl/α,β-unsaturated/α-hetero) is 1. The number of ether oxygens (including phenoxy) is 3. The zero-order chi connectivity index (χ0) is 22.7. The standard InChI is InChI=1S/C24H26N2O6/c1-15(2)30-11-5-10-26-21(17-6-3-4-9-25-17)20(23(28)24(26)29)22(27)16-7-8-18-19(14-16)32-13-12-31-18/h3-4,6-9,14-15,21,27H,5,10-13H2,1-2H3/b22-20-. The zero-order valence-corrected chi connectivity index (χ0v) is 18.1. The number of aliphatic hydroxyl groups is 1. The van der Waals surface area contributed by atoms with Gasteiger partial charge in [0.15, 0.2) is 11.5 Å². The minimum Gasteiger partial charge on any atom is -0.507 e. The quantitative estimate of drug-likeness (QED) is 0.307. The zero-order valence-electron chi connectivity index (χ0n) is 18.1. The monoisotopic (exact) mass is 438 g/mol. The second-order valence-corrected chi connectivity index (χ2v) is 7.88. The van der Waals surface area contributed by atoms with E-state index in [4.69, 9.17) is 14.2 Å². The normalized spacial score (nSPS) is 19.6. The van der Waals surface area contributed by atoms with Crippen molar-refractivity contribution in [3.05, 3.63) is 59.4 Å². The van der Waals surface area contributed by atoms with E-state index in [0.717, 1.165) is 0 Å². The third-order valence-electron chi connectivity index (χ3n) is 5.32. The van der Waals surface area contributed by atoms with E-state index in [1.807, 2.05) is 13.8 Å². The fraction of sp³-hybridized carbons (Fsp3) is 0.375. The number of carbonyl (C=O) groups excluding carboxylic acids is 2. The molecule has 0 radical (unpaired) electrons. The molecule has 0 spiro atoms. The molecule has 2 aromatic rings. The van der Waals surface area contributed by atoms with Crippen LogP contribution in [-0.2, 0) is 14.3 Å². The van der Waals surface area contributed by atoms with E-state index >= 15 is 0 Å². The predicted octanol–water partition coefficient (Wildman–Crippen LogP) is 3.09. The molecule has 8 nitrogen and oxygen atoms in total. The number of hydrogen-bond acceptors (Lipinski definition) is 7. The maximum atomic E-state index is 13.0. The number of likely N-dealkylation sites (tertiary alicyclic amines) is 1. The van der Waals surface area contributed by atoms with Crippen LogP contribution in [0.2, 0.25) is 0 Å². The molecule has 8 heteroatoms. The lowest BCUT2D eigenvalue weighted by Crippen LogP contribution is -2.31. The van der Waals surface area contributed by atoms with E-state index in [0.29, 0.717) is 55.5 Å². The van der Waals surface area contributed by atoms with Crippen molar-refractivity contribution in [1.29, 1.82) is 0 Å². The van der Waals surface area contributed by atoms with Gasteiger partial charge in [0.1, 0.15) is 25.0 Å². The van der Waals surface area contributed by atoms with Crippen LogP contribution in [-0.4, -0.2) is 59.2 Å². The number of aromatic nitrogens is 1. The van der Waals surface area contributed by atoms with Gasteiger partial charge in [0.2, 0.25) is 0 Å². The van der Waals surface area contributed by atoms with Crippen LogP contribution in [0.4, 0.5) is 0 Å². The van der Waals surface area contributed by atoms with Crippen molar-refractivity contribution in [2.75, 3.05) is 26.4 Å². The summed E-state index contributed by atoms with van der Waals surface area (Å²) in [5.41, 5.74) is 0.891. The Hall–Kier alpha value is -3.39. The molecule has 1 saturated heterocycles. The highest BCUT2D eigenvalue weighted by molar-refractivity contribution is 6.46. The molecule has 168 valence electrons. The Kier molecular flexibility index (Phi) is 6.41. The number of carbonyl (C=O) groups is 2. The smallest absolute Gasteiger partial charge is 0.295 e. The molecule has 2 aliphatic rings. The summed E-state index contributed by atoms with van der Waals surface area (Å²) in [4.78, 5) is 31.8. The Bertz CT molecular complexity index is 1030. The van der Waals surface area contributed by atoms with E-state index in [2.05, 4.69) is 4.98 Å². The summed E-state index contributed by atoms with van der Waals surface area (Å²) in [5.74, 6) is -0.617. The van der Waals surface area contributed by atoms with Gasteiger partial charge in [-0.2, -0.15) is 0 Å². The fourth-order valence-electron chi connectivity index (χ4n) is 3.86. The largest absolute Gasteiger partial charge is 0.507 e. The number of pyridine rings is 1. The van der Waals surface area contributed by atoms with Gasteiger partial charge in [0, 0.05) is 24.9 Å². The van der Waals surface area contributed by atoms with E-state index in [1.165, 1.54) is 4.90 Å². The van der Waals surface area contributed by atoms with Crippen LogP contribution < -0.4 is 9.47 Å². The number of fused-ring (bicyclic) bond motifs is 1. The second kappa shape index (κ2) is 9.40. The summed E-state index contributed by atoms with van der Waals surface area (Å²) in [7, 11) is 0. The highest BCUT2D eigenvalue weighted by Gasteiger charge is 2.46. The van der Waals surface area contributed by atoms with Gasteiger partial charge in [-0.1, -0.05) is 6.07 Å². The molecular weight excluding hydrogens is 412 g/mol. The van der Waals surface area contributed by atoms with Gasteiger partial charge in [-0.3, -0.25) is 14.6 Å². The molecule has 1 fully saturated rings. The first-order chi connectivity index (χ1) is 15.5. The number of amides is 1. The number of rotatable bonds is 7. The van der Waals surface area contributed by atoms with Crippen molar-refractivity contribution < 1.29 is 28.9 Å². The number of ketones is 1. The first-order valence-electron chi connectivity index (χ1n) is 10.7. The highest BCUT2D eigenvalue weighted by Crippen LogP contribution is 2.40. The molecule has 1 N–H and O–H groups in total. The van der Waals surface area contributed by atoms with Gasteiger partial charge >= 0.3 is 0 Å². The molecular formula is C24H26N2O6. The maximum Gasteiger partial charge on any atom is 0.295 e. The average molecular weight is 438 g/mol. The van der Waals surface area contributed by atoms with Crippen LogP contribution in [0.1, 0.15) is 37.6 Å². The van der Waals surface area contributed by atoms with Crippen LogP contribution in [0.15, 0.2) is 48.2 Å². The van der Waals surface area contributed by atoms with Crippen LogP contribution in [0.25, 0.3) is 5.76 Å². The van der Waals surface area contributed by atoms with Crippen molar-refractivity contribution in [2.45, 2.75) is 32.4 Å².